The van der Waals surface area contributed by atoms with Crippen molar-refractivity contribution in [2.24, 2.45) is 4.99 Å². The zero-order valence-electron chi connectivity index (χ0n) is 36.9. The van der Waals surface area contributed by atoms with Crippen molar-refractivity contribution in [2.45, 2.75) is 89.2 Å². The fourth-order valence-corrected chi connectivity index (χ4v) is 12.7. The molecule has 5 heterocycles. The third-order valence-corrected chi connectivity index (χ3v) is 16.4. The zero-order chi connectivity index (χ0) is 49.6. The van der Waals surface area contributed by atoms with Crippen LogP contribution in [0.1, 0.15) is 81.7 Å². The van der Waals surface area contributed by atoms with Gasteiger partial charge in [0.25, 0.3) is 15.7 Å². The summed E-state index contributed by atoms with van der Waals surface area (Å²) < 4.78 is 96.1. The second-order valence-electron chi connectivity index (χ2n) is 17.2. The standard InChI is InChI=1S/C39H51N6O19P3S/c1-4-43-12-6-9-23-14-27-32(16-29(23)43)61-33-17-30-26(15-28(33)41-27)25(22-68(57,58)59)19-39(2,3)45(30)13-7-10-35(47)40-11-5-8-24-20-44(38(49)42-37(24)48)36-18-31(46)34(62-36)21-60-66(53,54)64-67(55,56)63-65(50,51)52/h5,8,14-17,20,25,31,34,36,46H,4,6-7,9-13,18-19,21-22H2,1-3H3,(H6-,40,42,47,48,49,50,51,52,53,54,55,56,57,58,59)/p+1/b8-5+/t25?,31-,34+,36+/m0/s1. The zero-order valence-corrected chi connectivity index (χ0v) is 40.4. The Morgan fingerprint density at radius 2 is 1.84 bits per heavy atom. The van der Waals surface area contributed by atoms with Crippen molar-refractivity contribution in [2.75, 3.05) is 43.4 Å². The number of aromatic amines is 1. The number of phosphoric acid groups is 3. The molecule has 1 fully saturated rings. The lowest BCUT2D eigenvalue weighted by Crippen LogP contribution is -2.50. The number of H-pyrrole nitrogens is 1. The minimum atomic E-state index is -5.79. The number of aromatic nitrogens is 2. The lowest BCUT2D eigenvalue weighted by Gasteiger charge is -2.48. The molecular weight excluding hydrogens is 981 g/mol. The van der Waals surface area contributed by atoms with E-state index in [9.17, 15) is 55.9 Å². The average molecular weight is 1030 g/mol. The number of carbonyl (C=O) groups excluding carboxylic acids is 1. The maximum atomic E-state index is 13.0. The molecule has 372 valence electrons. The number of carbonyl (C=O) groups is 1. The van der Waals surface area contributed by atoms with E-state index in [2.05, 4.69) is 39.8 Å². The first-order chi connectivity index (χ1) is 31.7. The van der Waals surface area contributed by atoms with E-state index in [1.807, 2.05) is 38.1 Å². The summed E-state index contributed by atoms with van der Waals surface area (Å²) in [5, 5.41) is 15.0. The SMILES string of the molecule is CC[N+]1=c2cc3c(cc2CCC1)=Nc1cc2c(cc1O3)N(CCCC(=O)NC/C=C/c1cn([C@H]3C[C@H](O)[C@@H](COP(=O)(O)OP(=O)(O)OP(=O)(O)O)O3)c(=O)[nH]c1=O)C(C)(C)CC2CS(=O)(=O)O. The van der Waals surface area contributed by atoms with Crippen LogP contribution in [0.2, 0.25) is 0 Å². The van der Waals surface area contributed by atoms with E-state index in [0.717, 1.165) is 42.1 Å². The van der Waals surface area contributed by atoms with Gasteiger partial charge in [0.2, 0.25) is 11.3 Å². The van der Waals surface area contributed by atoms with Crippen molar-refractivity contribution in [3.8, 4) is 11.5 Å². The van der Waals surface area contributed by atoms with Crippen molar-refractivity contribution in [1.82, 2.24) is 19.4 Å². The van der Waals surface area contributed by atoms with E-state index in [1.54, 1.807) is 0 Å². The van der Waals surface area contributed by atoms with Gasteiger partial charge in [-0.05, 0) is 57.7 Å². The third-order valence-electron chi connectivity index (χ3n) is 11.8. The van der Waals surface area contributed by atoms with Gasteiger partial charge in [0.15, 0.2) is 11.5 Å². The number of phosphoric ester groups is 1. The van der Waals surface area contributed by atoms with Gasteiger partial charge in [-0.1, -0.05) is 12.2 Å². The molecule has 8 N–H and O–H groups in total. The highest BCUT2D eigenvalue weighted by molar-refractivity contribution is 7.85. The van der Waals surface area contributed by atoms with Gasteiger partial charge in [0.1, 0.15) is 36.5 Å². The van der Waals surface area contributed by atoms with Gasteiger partial charge in [0.05, 0.1) is 30.1 Å². The number of amides is 1. The summed E-state index contributed by atoms with van der Waals surface area (Å²) in [5.41, 5.74) is 0.690. The molecule has 7 rings (SSSR count). The van der Waals surface area contributed by atoms with Gasteiger partial charge < -0.3 is 44.4 Å². The summed E-state index contributed by atoms with van der Waals surface area (Å²) in [4.78, 5) is 84.0. The Labute approximate surface area is 387 Å². The molecule has 1 amide bonds. The minimum absolute atomic E-state index is 0.0260. The second-order valence-corrected chi connectivity index (χ2v) is 23.1. The summed E-state index contributed by atoms with van der Waals surface area (Å²) in [5.74, 6) is -0.258. The minimum Gasteiger partial charge on any atom is -0.452 e. The van der Waals surface area contributed by atoms with Crippen molar-refractivity contribution in [1.29, 1.82) is 0 Å². The number of anilines is 1. The van der Waals surface area contributed by atoms with Crippen molar-refractivity contribution in [3.05, 3.63) is 84.8 Å². The fourth-order valence-electron chi connectivity index (χ4n) is 8.89. The number of nitrogens with one attached hydrogen (secondary N) is 2. The number of aliphatic hydroxyl groups is 1. The largest absolute Gasteiger partial charge is 0.490 e. The molecule has 6 atom stereocenters. The molecule has 0 saturated carbocycles. The molecule has 68 heavy (non-hydrogen) atoms. The number of nitrogens with zero attached hydrogens (tertiary/aromatic N) is 4. The smallest absolute Gasteiger partial charge is 0.452 e. The van der Waals surface area contributed by atoms with Crippen molar-refractivity contribution < 1.29 is 78.8 Å². The molecule has 0 aliphatic carbocycles. The summed E-state index contributed by atoms with van der Waals surface area (Å²) in [7, 11) is -21.3. The highest BCUT2D eigenvalue weighted by Gasteiger charge is 2.44. The Morgan fingerprint density at radius 1 is 1.09 bits per heavy atom. The second kappa shape index (κ2) is 19.9. The van der Waals surface area contributed by atoms with Crippen LogP contribution >= 0.6 is 23.5 Å². The van der Waals surface area contributed by atoms with Gasteiger partial charge >= 0.3 is 29.2 Å². The Kier molecular flexibility index (Phi) is 15.1. The van der Waals surface area contributed by atoms with Crippen LogP contribution in [0, 0.1) is 0 Å². The first-order valence-corrected chi connectivity index (χ1v) is 27.5. The summed E-state index contributed by atoms with van der Waals surface area (Å²) in [6.07, 6.45) is 2.22. The number of benzene rings is 2. The normalized spacial score (nSPS) is 22.8. The molecule has 4 aliphatic heterocycles. The van der Waals surface area contributed by atoms with Gasteiger partial charge in [-0.3, -0.25) is 28.2 Å². The van der Waals surface area contributed by atoms with E-state index in [-0.39, 0.29) is 30.9 Å². The highest BCUT2D eigenvalue weighted by Crippen LogP contribution is 2.66. The van der Waals surface area contributed by atoms with Crippen LogP contribution in [0.4, 0.5) is 11.4 Å². The van der Waals surface area contributed by atoms with E-state index < -0.39 is 87.1 Å². The maximum Gasteiger partial charge on any atom is 0.490 e. The maximum absolute atomic E-state index is 13.0. The van der Waals surface area contributed by atoms with Crippen molar-refractivity contribution >= 4 is 56.9 Å². The summed E-state index contributed by atoms with van der Waals surface area (Å²) >= 11 is 0. The van der Waals surface area contributed by atoms with E-state index >= 15 is 0 Å². The van der Waals surface area contributed by atoms with E-state index in [4.69, 9.17) is 24.3 Å². The Hall–Kier alpha value is -4.23. The number of rotatable bonds is 18. The molecule has 29 heteroatoms. The Balaban J connectivity index is 0.975. The lowest BCUT2D eigenvalue weighted by molar-refractivity contribution is -0.120. The first kappa shape index (κ1) is 51.6. The predicted molar refractivity (Wildman–Crippen MR) is 241 cm³/mol. The topological polar surface area (TPSA) is 355 Å². The van der Waals surface area contributed by atoms with E-state index in [1.165, 1.54) is 17.7 Å². The van der Waals surface area contributed by atoms with E-state index in [0.29, 0.717) is 53.2 Å². The number of ether oxygens (including phenoxy) is 2. The molecule has 4 aliphatic rings. The van der Waals surface area contributed by atoms with Crippen LogP contribution in [-0.2, 0) is 52.9 Å². The van der Waals surface area contributed by atoms with Crippen LogP contribution in [0.5, 0.6) is 11.5 Å². The van der Waals surface area contributed by atoms with Crippen LogP contribution in [0.25, 0.3) is 6.08 Å². The number of hydrogen-bond donors (Lipinski definition) is 8. The molecule has 0 radical (unpaired) electrons. The number of hydrogen-bond acceptors (Lipinski definition) is 16. The molecule has 2 aromatic carbocycles. The van der Waals surface area contributed by atoms with Crippen LogP contribution in [0.15, 0.2) is 51.1 Å². The molecule has 3 unspecified atom stereocenters. The predicted octanol–water partition coefficient (Wildman–Crippen LogP) is 1.61. The number of aryl methyl sites for hydroxylation is 1. The highest BCUT2D eigenvalue weighted by atomic mass is 32.2. The molecule has 3 aromatic rings. The Bertz CT molecular complexity index is 3030. The van der Waals surface area contributed by atoms with Crippen LogP contribution in [-0.4, -0.2) is 109 Å². The molecule has 0 bridgehead atoms. The summed E-state index contributed by atoms with van der Waals surface area (Å²) in [6.45, 7) is 7.21. The van der Waals surface area contributed by atoms with Crippen molar-refractivity contribution in [3.63, 3.8) is 0 Å². The van der Waals surface area contributed by atoms with Gasteiger partial charge in [-0.2, -0.15) is 17.0 Å². The quantitative estimate of drug-likeness (QED) is 0.0399. The average Bonchev–Trinajstić information content (AvgIpc) is 3.58. The van der Waals surface area contributed by atoms with Gasteiger partial charge in [-0.25, -0.2) is 28.1 Å². The number of aliphatic hydroxyl groups excluding tert-OH is 1. The van der Waals surface area contributed by atoms with Gasteiger partial charge in [-0.15, -0.1) is 0 Å². The monoisotopic (exact) mass is 1030 g/mol. The molecule has 0 spiro atoms. The third kappa shape index (κ3) is 12.6. The van der Waals surface area contributed by atoms with Crippen LogP contribution < -0.4 is 41.5 Å². The lowest BCUT2D eigenvalue weighted by atomic mass is 9.79. The molecule has 1 aromatic heterocycles. The van der Waals surface area contributed by atoms with Gasteiger partial charge in [0, 0.05) is 67.3 Å². The van der Waals surface area contributed by atoms with Crippen LogP contribution in [0.3, 0.4) is 0 Å². The Morgan fingerprint density at radius 3 is 2.54 bits per heavy atom. The first-order valence-electron chi connectivity index (χ1n) is 21.3. The summed E-state index contributed by atoms with van der Waals surface area (Å²) in [6, 6.07) is 7.73. The molecular formula is C39H52N6O19P3S+. The molecule has 1 saturated heterocycles. The number of fused-ring (bicyclic) bond motifs is 4. The fraction of sp³-hybridized carbons (Fsp3) is 0.513. The molecule has 25 nitrogen and oxygen atoms in total.